The summed E-state index contributed by atoms with van der Waals surface area (Å²) < 4.78 is 38.7. The molecule has 1 aromatic rings. The summed E-state index contributed by atoms with van der Waals surface area (Å²) in [7, 11) is 0. The van der Waals surface area contributed by atoms with Crippen LogP contribution in [-0.4, -0.2) is 18.5 Å². The van der Waals surface area contributed by atoms with Gasteiger partial charge in [-0.2, -0.15) is 13.2 Å². The zero-order valence-corrected chi connectivity index (χ0v) is 10.0. The van der Waals surface area contributed by atoms with Crippen molar-refractivity contribution in [3.05, 3.63) is 29.3 Å². The number of carbonyl (C=O) groups excluding carboxylic acids is 2. The van der Waals surface area contributed by atoms with Gasteiger partial charge in [-0.3, -0.25) is 15.0 Å². The molecule has 102 valence electrons. The van der Waals surface area contributed by atoms with Crippen molar-refractivity contribution in [2.75, 3.05) is 11.4 Å². The van der Waals surface area contributed by atoms with Gasteiger partial charge in [-0.1, -0.05) is 6.07 Å². The quantitative estimate of drug-likeness (QED) is 0.853. The first-order chi connectivity index (χ1) is 8.79. The summed E-state index contributed by atoms with van der Waals surface area (Å²) in [4.78, 5) is 23.6. The maximum Gasteiger partial charge on any atom is 0.418 e. The fourth-order valence-corrected chi connectivity index (χ4v) is 1.90. The monoisotopic (exact) mass is 272 g/mol. The van der Waals surface area contributed by atoms with E-state index in [9.17, 15) is 22.8 Å². The second-order valence-corrected chi connectivity index (χ2v) is 4.27. The second-order valence-electron chi connectivity index (χ2n) is 4.27. The molecule has 2 rings (SSSR count). The fraction of sp³-hybridized carbons (Fsp3) is 0.333. The van der Waals surface area contributed by atoms with Gasteiger partial charge in [0.25, 0.3) is 0 Å². The number of rotatable bonds is 1. The molecule has 1 saturated heterocycles. The van der Waals surface area contributed by atoms with Gasteiger partial charge in [0.05, 0.1) is 11.3 Å². The number of halogens is 3. The molecule has 0 spiro atoms. The molecule has 0 bridgehead atoms. The van der Waals surface area contributed by atoms with Crippen LogP contribution in [0.4, 0.5) is 23.7 Å². The van der Waals surface area contributed by atoms with Gasteiger partial charge >= 0.3 is 12.2 Å². The number of aryl methyl sites for hydroxylation is 1. The number of nitrogens with one attached hydrogen (secondary N) is 1. The number of nitrogens with zero attached hydrogens (tertiary/aromatic N) is 1. The van der Waals surface area contributed by atoms with Gasteiger partial charge < -0.3 is 0 Å². The third kappa shape index (κ3) is 2.69. The molecule has 0 radical (unpaired) electrons. The first-order valence-corrected chi connectivity index (χ1v) is 5.58. The van der Waals surface area contributed by atoms with Crippen LogP contribution in [0.1, 0.15) is 17.5 Å². The Balaban J connectivity index is 2.46. The average molecular weight is 272 g/mol. The van der Waals surface area contributed by atoms with E-state index >= 15 is 0 Å². The summed E-state index contributed by atoms with van der Waals surface area (Å²) >= 11 is 0. The molecule has 0 unspecified atom stereocenters. The second kappa shape index (κ2) is 4.56. The molecule has 0 saturated carbocycles. The lowest BCUT2D eigenvalue weighted by atomic mass is 10.1. The minimum Gasteiger partial charge on any atom is -0.293 e. The van der Waals surface area contributed by atoms with Gasteiger partial charge in [-0.25, -0.2) is 4.79 Å². The Morgan fingerprint density at radius 3 is 2.53 bits per heavy atom. The summed E-state index contributed by atoms with van der Waals surface area (Å²) in [5, 5.41) is 2.01. The summed E-state index contributed by atoms with van der Waals surface area (Å²) in [6.45, 7) is 1.58. The van der Waals surface area contributed by atoms with Gasteiger partial charge in [0.2, 0.25) is 5.91 Å². The fourth-order valence-electron chi connectivity index (χ4n) is 1.90. The van der Waals surface area contributed by atoms with Crippen molar-refractivity contribution in [2.24, 2.45) is 0 Å². The normalized spacial score (nSPS) is 16.5. The van der Waals surface area contributed by atoms with Crippen LogP contribution in [0.5, 0.6) is 0 Å². The maximum absolute atomic E-state index is 12.9. The summed E-state index contributed by atoms with van der Waals surface area (Å²) in [5.41, 5.74) is -0.507. The number of benzene rings is 1. The van der Waals surface area contributed by atoms with E-state index in [2.05, 4.69) is 0 Å². The van der Waals surface area contributed by atoms with Crippen LogP contribution in [0.3, 0.4) is 0 Å². The lowest BCUT2D eigenvalue weighted by molar-refractivity contribution is -0.137. The minimum absolute atomic E-state index is 0.0169. The van der Waals surface area contributed by atoms with Gasteiger partial charge in [0, 0.05) is 13.0 Å². The van der Waals surface area contributed by atoms with Crippen LogP contribution in [0.15, 0.2) is 18.2 Å². The third-order valence-electron chi connectivity index (χ3n) is 2.80. The van der Waals surface area contributed by atoms with Crippen LogP contribution in [0, 0.1) is 6.92 Å². The zero-order valence-electron chi connectivity index (χ0n) is 10.0. The first kappa shape index (κ1) is 13.4. The van der Waals surface area contributed by atoms with E-state index in [0.717, 1.165) is 11.0 Å². The van der Waals surface area contributed by atoms with Crippen LogP contribution < -0.4 is 10.2 Å². The predicted octanol–water partition coefficient (Wildman–Crippen LogP) is 2.46. The van der Waals surface area contributed by atoms with E-state index in [1.165, 1.54) is 12.1 Å². The molecular weight excluding hydrogens is 261 g/mol. The van der Waals surface area contributed by atoms with Crippen molar-refractivity contribution in [3.8, 4) is 0 Å². The molecule has 1 aromatic carbocycles. The third-order valence-corrected chi connectivity index (χ3v) is 2.80. The lowest BCUT2D eigenvalue weighted by Crippen LogP contribution is -2.50. The molecule has 19 heavy (non-hydrogen) atoms. The molecule has 3 amide bonds. The summed E-state index contributed by atoms with van der Waals surface area (Å²) in [6.07, 6.45) is -4.57. The molecule has 1 aliphatic rings. The smallest absolute Gasteiger partial charge is 0.293 e. The largest absolute Gasteiger partial charge is 0.418 e. The topological polar surface area (TPSA) is 49.4 Å². The number of amides is 3. The number of alkyl halides is 3. The summed E-state index contributed by atoms with van der Waals surface area (Å²) in [6, 6.07) is 2.73. The van der Waals surface area contributed by atoms with E-state index < -0.39 is 23.7 Å². The van der Waals surface area contributed by atoms with Crippen LogP contribution in [0.25, 0.3) is 0 Å². The zero-order chi connectivity index (χ0) is 14.2. The SMILES string of the molecule is Cc1ccc(C(F)(F)F)c(N2CCC(=O)NC2=O)c1. The van der Waals surface area contributed by atoms with E-state index in [-0.39, 0.29) is 18.7 Å². The van der Waals surface area contributed by atoms with Crippen molar-refractivity contribution in [3.63, 3.8) is 0 Å². The van der Waals surface area contributed by atoms with Gasteiger partial charge in [0.15, 0.2) is 0 Å². The Kier molecular flexibility index (Phi) is 3.21. The lowest BCUT2D eigenvalue weighted by Gasteiger charge is -2.29. The molecule has 1 heterocycles. The number of carbonyl (C=O) groups is 2. The summed E-state index contributed by atoms with van der Waals surface area (Å²) in [5.74, 6) is -0.484. The Morgan fingerprint density at radius 2 is 1.95 bits per heavy atom. The molecule has 1 aliphatic heterocycles. The predicted molar refractivity (Wildman–Crippen MR) is 61.7 cm³/mol. The van der Waals surface area contributed by atoms with Gasteiger partial charge in [-0.05, 0) is 24.6 Å². The van der Waals surface area contributed by atoms with Crippen molar-refractivity contribution in [1.29, 1.82) is 0 Å². The highest BCUT2D eigenvalue weighted by atomic mass is 19.4. The number of urea groups is 1. The highest BCUT2D eigenvalue weighted by Gasteiger charge is 2.37. The van der Waals surface area contributed by atoms with Crippen molar-refractivity contribution >= 4 is 17.6 Å². The number of hydrogen-bond acceptors (Lipinski definition) is 2. The van der Waals surface area contributed by atoms with Gasteiger partial charge in [-0.15, -0.1) is 0 Å². The Morgan fingerprint density at radius 1 is 1.26 bits per heavy atom. The first-order valence-electron chi connectivity index (χ1n) is 5.58. The van der Waals surface area contributed by atoms with E-state index in [1.54, 1.807) is 6.92 Å². The Labute approximate surface area is 107 Å². The molecular formula is C12H11F3N2O2. The van der Waals surface area contributed by atoms with Crippen LogP contribution >= 0.6 is 0 Å². The standard InChI is InChI=1S/C12H11F3N2O2/c1-7-2-3-8(12(13,14)15)9(6-7)17-5-4-10(18)16-11(17)19/h2-3,6H,4-5H2,1H3,(H,16,18,19). The molecule has 0 aliphatic carbocycles. The molecule has 1 N–H and O–H groups in total. The van der Waals surface area contributed by atoms with E-state index in [1.807, 2.05) is 5.32 Å². The average Bonchev–Trinajstić information content (AvgIpc) is 2.27. The van der Waals surface area contributed by atoms with Crippen molar-refractivity contribution in [2.45, 2.75) is 19.5 Å². The number of imide groups is 1. The Bertz CT molecular complexity index is 540. The molecule has 0 aromatic heterocycles. The molecule has 4 nitrogen and oxygen atoms in total. The number of hydrogen-bond donors (Lipinski definition) is 1. The number of anilines is 1. The molecule has 1 fully saturated rings. The Hall–Kier alpha value is -2.05. The van der Waals surface area contributed by atoms with Crippen LogP contribution in [0.2, 0.25) is 0 Å². The molecule has 0 atom stereocenters. The van der Waals surface area contributed by atoms with E-state index in [0.29, 0.717) is 5.56 Å². The van der Waals surface area contributed by atoms with Crippen molar-refractivity contribution in [1.82, 2.24) is 5.32 Å². The highest BCUT2D eigenvalue weighted by molar-refractivity contribution is 6.06. The highest BCUT2D eigenvalue weighted by Crippen LogP contribution is 2.37. The molecule has 7 heteroatoms. The maximum atomic E-state index is 12.9. The van der Waals surface area contributed by atoms with E-state index in [4.69, 9.17) is 0 Å². The van der Waals surface area contributed by atoms with Gasteiger partial charge in [0.1, 0.15) is 0 Å². The minimum atomic E-state index is -4.55. The van der Waals surface area contributed by atoms with Crippen molar-refractivity contribution < 1.29 is 22.8 Å². The van der Waals surface area contributed by atoms with Crippen LogP contribution in [-0.2, 0) is 11.0 Å².